The smallest absolute Gasteiger partial charge is 0.262 e. The van der Waals surface area contributed by atoms with E-state index in [1.807, 2.05) is 30.3 Å². The third-order valence-electron chi connectivity index (χ3n) is 4.81. The monoisotopic (exact) mass is 449 g/mol. The average Bonchev–Trinajstić information content (AvgIpc) is 2.82. The molecule has 1 N–H and O–H groups in total. The summed E-state index contributed by atoms with van der Waals surface area (Å²) in [6.45, 7) is 0.290. The van der Waals surface area contributed by atoms with Crippen LogP contribution >= 0.6 is 11.8 Å². The third kappa shape index (κ3) is 4.81. The fourth-order valence-corrected chi connectivity index (χ4v) is 3.99. The fourth-order valence-electron chi connectivity index (χ4n) is 3.19. The minimum absolute atomic E-state index is 0.0261. The maximum atomic E-state index is 13.8. The molecule has 0 radical (unpaired) electrons. The molecular formula is C24H20FN3O3S. The number of rotatable bonds is 7. The van der Waals surface area contributed by atoms with Gasteiger partial charge in [-0.3, -0.25) is 14.2 Å². The molecule has 0 aliphatic rings. The van der Waals surface area contributed by atoms with Crippen LogP contribution < -0.4 is 15.6 Å². The first kappa shape index (κ1) is 21.6. The van der Waals surface area contributed by atoms with Gasteiger partial charge in [0.05, 0.1) is 36.0 Å². The van der Waals surface area contributed by atoms with E-state index >= 15 is 0 Å². The van der Waals surface area contributed by atoms with E-state index in [1.165, 1.54) is 12.1 Å². The first-order valence-corrected chi connectivity index (χ1v) is 10.8. The summed E-state index contributed by atoms with van der Waals surface area (Å²) < 4.78 is 20.6. The molecule has 6 nitrogen and oxygen atoms in total. The van der Waals surface area contributed by atoms with E-state index in [0.29, 0.717) is 16.1 Å². The molecule has 32 heavy (non-hydrogen) atoms. The van der Waals surface area contributed by atoms with Gasteiger partial charge in [-0.2, -0.15) is 0 Å². The van der Waals surface area contributed by atoms with Gasteiger partial charge >= 0.3 is 0 Å². The van der Waals surface area contributed by atoms with Crippen LogP contribution in [-0.4, -0.2) is 28.3 Å². The maximum Gasteiger partial charge on any atom is 0.262 e. The van der Waals surface area contributed by atoms with Gasteiger partial charge in [-0.05, 0) is 42.0 Å². The van der Waals surface area contributed by atoms with Gasteiger partial charge in [0.25, 0.3) is 5.56 Å². The second-order valence-electron chi connectivity index (χ2n) is 6.97. The highest BCUT2D eigenvalue weighted by atomic mass is 32.2. The Morgan fingerprint density at radius 2 is 1.78 bits per heavy atom. The molecule has 1 heterocycles. The van der Waals surface area contributed by atoms with Crippen LogP contribution in [0.15, 0.2) is 82.7 Å². The highest BCUT2D eigenvalue weighted by Crippen LogP contribution is 2.21. The van der Waals surface area contributed by atoms with Crippen LogP contribution in [-0.2, 0) is 11.3 Å². The van der Waals surface area contributed by atoms with Crippen molar-refractivity contribution >= 4 is 34.3 Å². The normalized spacial score (nSPS) is 10.8. The molecule has 4 rings (SSSR count). The van der Waals surface area contributed by atoms with E-state index in [-0.39, 0.29) is 23.5 Å². The number of nitrogens with one attached hydrogen (secondary N) is 1. The van der Waals surface area contributed by atoms with Crippen LogP contribution in [0.5, 0.6) is 5.75 Å². The number of halogens is 1. The van der Waals surface area contributed by atoms with E-state index in [2.05, 4.69) is 10.3 Å². The number of thioether (sulfide) groups is 1. The van der Waals surface area contributed by atoms with Crippen LogP contribution in [0, 0.1) is 5.82 Å². The zero-order valence-corrected chi connectivity index (χ0v) is 18.1. The molecule has 0 spiro atoms. The summed E-state index contributed by atoms with van der Waals surface area (Å²) in [5.41, 5.74) is 1.37. The van der Waals surface area contributed by atoms with Crippen molar-refractivity contribution in [3.05, 3.63) is 94.5 Å². The lowest BCUT2D eigenvalue weighted by Crippen LogP contribution is -2.25. The lowest BCUT2D eigenvalue weighted by atomic mass is 10.2. The first-order chi connectivity index (χ1) is 15.5. The molecule has 0 saturated heterocycles. The van der Waals surface area contributed by atoms with Crippen LogP contribution in [0.25, 0.3) is 10.9 Å². The van der Waals surface area contributed by atoms with E-state index in [1.54, 1.807) is 42.0 Å². The van der Waals surface area contributed by atoms with Crippen LogP contribution in [0.4, 0.5) is 10.1 Å². The predicted octanol–water partition coefficient (Wildman–Crippen LogP) is 4.32. The number of hydrogen-bond acceptors (Lipinski definition) is 5. The van der Waals surface area contributed by atoms with Gasteiger partial charge in [0.2, 0.25) is 5.91 Å². The van der Waals surface area contributed by atoms with Gasteiger partial charge in [0.1, 0.15) is 11.6 Å². The number of benzene rings is 3. The Bertz CT molecular complexity index is 1320. The molecule has 4 aromatic rings. The number of carbonyl (C=O) groups is 1. The van der Waals surface area contributed by atoms with Crippen molar-refractivity contribution in [3.63, 3.8) is 0 Å². The Balaban J connectivity index is 1.61. The Hall–Kier alpha value is -3.65. The second-order valence-corrected chi connectivity index (χ2v) is 7.91. The molecular weight excluding hydrogens is 429 g/mol. The number of nitrogens with zero attached hydrogens (tertiary/aromatic N) is 2. The Morgan fingerprint density at radius 1 is 1.06 bits per heavy atom. The van der Waals surface area contributed by atoms with Crippen LogP contribution in [0.2, 0.25) is 0 Å². The van der Waals surface area contributed by atoms with Crippen LogP contribution in [0.3, 0.4) is 0 Å². The molecule has 0 atom stereocenters. The van der Waals surface area contributed by atoms with Crippen molar-refractivity contribution in [2.24, 2.45) is 0 Å². The summed E-state index contributed by atoms with van der Waals surface area (Å²) in [5.74, 6) is -0.205. The first-order valence-electron chi connectivity index (χ1n) is 9.85. The number of fused-ring (bicyclic) bond motifs is 1. The lowest BCUT2D eigenvalue weighted by molar-refractivity contribution is -0.113. The molecule has 0 fully saturated rings. The Morgan fingerprint density at radius 3 is 2.53 bits per heavy atom. The number of hydrogen-bond donors (Lipinski definition) is 1. The zero-order chi connectivity index (χ0) is 22.5. The predicted molar refractivity (Wildman–Crippen MR) is 124 cm³/mol. The number of aromatic nitrogens is 2. The molecule has 1 amide bonds. The van der Waals surface area contributed by atoms with E-state index < -0.39 is 11.7 Å². The van der Waals surface area contributed by atoms with Crippen molar-refractivity contribution in [2.75, 3.05) is 18.2 Å². The van der Waals surface area contributed by atoms with Gasteiger partial charge in [0.15, 0.2) is 5.16 Å². The summed E-state index contributed by atoms with van der Waals surface area (Å²) in [6.07, 6.45) is 0. The Labute approximate surface area is 188 Å². The van der Waals surface area contributed by atoms with Crippen molar-refractivity contribution in [2.45, 2.75) is 11.7 Å². The molecule has 0 aliphatic heterocycles. The van der Waals surface area contributed by atoms with Crippen LogP contribution in [0.1, 0.15) is 5.56 Å². The number of para-hydroxylation sites is 2. The molecule has 162 valence electrons. The second kappa shape index (κ2) is 9.65. The topological polar surface area (TPSA) is 73.2 Å². The number of ether oxygens (including phenoxy) is 1. The minimum Gasteiger partial charge on any atom is -0.497 e. The third-order valence-corrected chi connectivity index (χ3v) is 5.78. The fraction of sp³-hybridized carbons (Fsp3) is 0.125. The summed E-state index contributed by atoms with van der Waals surface area (Å²) in [5, 5.41) is 3.46. The zero-order valence-electron chi connectivity index (χ0n) is 17.2. The van der Waals surface area contributed by atoms with Gasteiger partial charge in [-0.25, -0.2) is 9.37 Å². The van der Waals surface area contributed by atoms with Crippen molar-refractivity contribution < 1.29 is 13.9 Å². The molecule has 1 aromatic heterocycles. The molecule has 8 heteroatoms. The summed E-state index contributed by atoms with van der Waals surface area (Å²) in [4.78, 5) is 30.2. The summed E-state index contributed by atoms with van der Waals surface area (Å²) in [6, 6.07) is 20.4. The van der Waals surface area contributed by atoms with E-state index in [4.69, 9.17) is 4.74 Å². The standard InChI is InChI=1S/C24H20FN3O3S/c1-31-17-12-10-16(11-13-17)14-28-23(30)18-6-2-4-8-20(18)27-24(28)32-15-22(29)26-21-9-5-3-7-19(21)25/h2-13H,14-15H2,1H3,(H,26,29). The number of methoxy groups -OCH3 is 1. The molecule has 3 aromatic carbocycles. The Kier molecular flexibility index (Phi) is 6.51. The molecule has 0 aliphatic carbocycles. The quantitative estimate of drug-likeness (QED) is 0.336. The SMILES string of the molecule is COc1ccc(Cn2c(SCC(=O)Nc3ccccc3F)nc3ccccc3c2=O)cc1. The van der Waals surface area contributed by atoms with Gasteiger partial charge < -0.3 is 10.1 Å². The summed E-state index contributed by atoms with van der Waals surface area (Å²) >= 11 is 1.13. The van der Waals surface area contributed by atoms with Gasteiger partial charge in [-0.15, -0.1) is 0 Å². The number of carbonyl (C=O) groups excluding carboxylic acids is 1. The molecule has 0 unspecified atom stereocenters. The van der Waals surface area contributed by atoms with E-state index in [0.717, 1.165) is 23.1 Å². The highest BCUT2D eigenvalue weighted by Gasteiger charge is 2.14. The largest absolute Gasteiger partial charge is 0.497 e. The van der Waals surface area contributed by atoms with Crippen molar-refractivity contribution in [1.29, 1.82) is 0 Å². The lowest BCUT2D eigenvalue weighted by Gasteiger charge is -2.14. The van der Waals surface area contributed by atoms with E-state index in [9.17, 15) is 14.0 Å². The average molecular weight is 450 g/mol. The number of anilines is 1. The maximum absolute atomic E-state index is 13.8. The van der Waals surface area contributed by atoms with Crippen molar-refractivity contribution in [1.82, 2.24) is 9.55 Å². The summed E-state index contributed by atoms with van der Waals surface area (Å²) in [7, 11) is 1.59. The van der Waals surface area contributed by atoms with Gasteiger partial charge in [-0.1, -0.05) is 48.2 Å². The van der Waals surface area contributed by atoms with Crippen molar-refractivity contribution in [3.8, 4) is 5.75 Å². The molecule has 0 saturated carbocycles. The minimum atomic E-state index is -0.508. The molecule has 0 bridgehead atoms. The highest BCUT2D eigenvalue weighted by molar-refractivity contribution is 7.99. The number of amides is 1. The van der Waals surface area contributed by atoms with Gasteiger partial charge in [0, 0.05) is 0 Å².